The van der Waals surface area contributed by atoms with Crippen molar-refractivity contribution in [1.29, 1.82) is 0 Å². The standard InChI is InChI=1S/C13H18BrN3O2/c1-18-13(4-5-19-8-13)7-15-11-6-10(14)16-12(17-11)9-2-3-9/h6,9H,2-5,7-8H2,1H3,(H,15,16,17). The monoisotopic (exact) mass is 327 g/mol. The lowest BCUT2D eigenvalue weighted by atomic mass is 10.0. The molecule has 19 heavy (non-hydrogen) atoms. The second kappa shape index (κ2) is 5.34. The Morgan fingerprint density at radius 3 is 3.00 bits per heavy atom. The quantitative estimate of drug-likeness (QED) is 0.841. The third-order valence-electron chi connectivity index (χ3n) is 3.75. The zero-order chi connectivity index (χ0) is 13.3. The predicted molar refractivity (Wildman–Crippen MR) is 75.4 cm³/mol. The topological polar surface area (TPSA) is 56.3 Å². The molecule has 0 aromatic carbocycles. The number of anilines is 1. The van der Waals surface area contributed by atoms with Crippen LogP contribution < -0.4 is 5.32 Å². The van der Waals surface area contributed by atoms with Gasteiger partial charge < -0.3 is 14.8 Å². The lowest BCUT2D eigenvalue weighted by Gasteiger charge is -2.26. The van der Waals surface area contributed by atoms with E-state index in [4.69, 9.17) is 9.47 Å². The number of hydrogen-bond donors (Lipinski definition) is 1. The molecule has 1 aromatic heterocycles. The first kappa shape index (κ1) is 13.3. The summed E-state index contributed by atoms with van der Waals surface area (Å²) in [5, 5.41) is 3.36. The smallest absolute Gasteiger partial charge is 0.135 e. The van der Waals surface area contributed by atoms with E-state index in [2.05, 4.69) is 31.2 Å². The number of nitrogens with zero attached hydrogens (tertiary/aromatic N) is 2. The SMILES string of the molecule is COC1(CNc2cc(Br)nc(C3CC3)n2)CCOC1. The van der Waals surface area contributed by atoms with Crippen molar-refractivity contribution in [3.63, 3.8) is 0 Å². The van der Waals surface area contributed by atoms with Crippen LogP contribution in [0.3, 0.4) is 0 Å². The van der Waals surface area contributed by atoms with Gasteiger partial charge in [-0.2, -0.15) is 0 Å². The normalized spacial score (nSPS) is 26.6. The Hall–Kier alpha value is -0.720. The highest BCUT2D eigenvalue weighted by Gasteiger charge is 2.35. The Labute approximate surface area is 121 Å². The minimum atomic E-state index is -0.225. The Kier molecular flexibility index (Phi) is 3.73. The van der Waals surface area contributed by atoms with E-state index in [9.17, 15) is 0 Å². The van der Waals surface area contributed by atoms with E-state index in [1.807, 2.05) is 6.07 Å². The molecule has 3 rings (SSSR count). The van der Waals surface area contributed by atoms with Crippen LogP contribution in [0.15, 0.2) is 10.7 Å². The van der Waals surface area contributed by atoms with Gasteiger partial charge in [-0.1, -0.05) is 0 Å². The summed E-state index contributed by atoms with van der Waals surface area (Å²) in [4.78, 5) is 9.00. The second-order valence-electron chi connectivity index (χ2n) is 5.25. The van der Waals surface area contributed by atoms with Crippen LogP contribution in [0.5, 0.6) is 0 Å². The van der Waals surface area contributed by atoms with Crippen molar-refractivity contribution in [2.75, 3.05) is 32.2 Å². The molecule has 2 heterocycles. The summed E-state index contributed by atoms with van der Waals surface area (Å²) in [7, 11) is 1.74. The van der Waals surface area contributed by atoms with Crippen molar-refractivity contribution in [3.05, 3.63) is 16.5 Å². The van der Waals surface area contributed by atoms with E-state index < -0.39 is 0 Å². The van der Waals surface area contributed by atoms with Gasteiger partial charge in [0.25, 0.3) is 0 Å². The molecule has 0 bridgehead atoms. The second-order valence-corrected chi connectivity index (χ2v) is 6.06. The van der Waals surface area contributed by atoms with E-state index in [1.165, 1.54) is 12.8 Å². The summed E-state index contributed by atoms with van der Waals surface area (Å²) in [6, 6.07) is 1.91. The molecule has 1 saturated heterocycles. The first-order chi connectivity index (χ1) is 9.21. The van der Waals surface area contributed by atoms with Crippen molar-refractivity contribution < 1.29 is 9.47 Å². The lowest BCUT2D eigenvalue weighted by molar-refractivity contribution is -0.00625. The first-order valence-corrected chi connectivity index (χ1v) is 7.41. The summed E-state index contributed by atoms with van der Waals surface area (Å²) in [6.45, 7) is 2.10. The van der Waals surface area contributed by atoms with Gasteiger partial charge in [-0.25, -0.2) is 9.97 Å². The van der Waals surface area contributed by atoms with Gasteiger partial charge in [-0.3, -0.25) is 0 Å². The van der Waals surface area contributed by atoms with E-state index in [0.29, 0.717) is 19.1 Å². The van der Waals surface area contributed by atoms with Gasteiger partial charge in [-0.05, 0) is 28.8 Å². The Morgan fingerprint density at radius 2 is 2.37 bits per heavy atom. The average molecular weight is 328 g/mol. The number of rotatable bonds is 5. The van der Waals surface area contributed by atoms with E-state index in [-0.39, 0.29) is 5.60 Å². The fourth-order valence-corrected chi connectivity index (χ4v) is 2.66. The number of aromatic nitrogens is 2. The van der Waals surface area contributed by atoms with E-state index in [0.717, 1.165) is 29.3 Å². The third-order valence-corrected chi connectivity index (χ3v) is 4.15. The van der Waals surface area contributed by atoms with E-state index >= 15 is 0 Å². The molecule has 1 unspecified atom stereocenters. The molecule has 0 amide bonds. The largest absolute Gasteiger partial charge is 0.378 e. The molecule has 1 aromatic rings. The van der Waals surface area contributed by atoms with Gasteiger partial charge in [0.05, 0.1) is 6.61 Å². The number of halogens is 1. The predicted octanol–water partition coefficient (Wildman–Crippen LogP) is 2.33. The van der Waals surface area contributed by atoms with Crippen molar-refractivity contribution in [2.45, 2.75) is 30.8 Å². The molecule has 2 fully saturated rings. The molecule has 5 nitrogen and oxygen atoms in total. The van der Waals surface area contributed by atoms with Crippen molar-refractivity contribution >= 4 is 21.7 Å². The minimum absolute atomic E-state index is 0.225. The van der Waals surface area contributed by atoms with Crippen molar-refractivity contribution in [2.24, 2.45) is 0 Å². The Bertz CT molecular complexity index is 459. The van der Waals surface area contributed by atoms with Crippen molar-refractivity contribution in [3.8, 4) is 0 Å². The number of nitrogens with one attached hydrogen (secondary N) is 1. The molecule has 0 radical (unpaired) electrons. The summed E-state index contributed by atoms with van der Waals surface area (Å²) in [5.41, 5.74) is -0.225. The Morgan fingerprint density at radius 1 is 1.53 bits per heavy atom. The molecule has 6 heteroatoms. The highest BCUT2D eigenvalue weighted by atomic mass is 79.9. The zero-order valence-corrected chi connectivity index (χ0v) is 12.6. The zero-order valence-electron chi connectivity index (χ0n) is 11.0. The molecule has 1 saturated carbocycles. The molecule has 1 aliphatic carbocycles. The maximum absolute atomic E-state index is 5.60. The van der Waals surface area contributed by atoms with Gasteiger partial charge in [0.15, 0.2) is 0 Å². The molecule has 1 atom stereocenters. The summed E-state index contributed by atoms with van der Waals surface area (Å²) >= 11 is 3.45. The van der Waals surface area contributed by atoms with Crippen LogP contribution in [0, 0.1) is 0 Å². The average Bonchev–Trinajstić information content (AvgIpc) is 3.16. The molecule has 1 N–H and O–H groups in total. The number of methoxy groups -OCH3 is 1. The number of hydrogen-bond acceptors (Lipinski definition) is 5. The fraction of sp³-hybridized carbons (Fsp3) is 0.692. The van der Waals surface area contributed by atoms with Gasteiger partial charge in [0.1, 0.15) is 21.8 Å². The molecular weight excluding hydrogens is 310 g/mol. The van der Waals surface area contributed by atoms with E-state index in [1.54, 1.807) is 7.11 Å². The molecular formula is C13H18BrN3O2. The van der Waals surface area contributed by atoms with Gasteiger partial charge in [0, 0.05) is 38.7 Å². The fourth-order valence-electron chi connectivity index (χ4n) is 2.26. The van der Waals surface area contributed by atoms with Crippen LogP contribution in [0.2, 0.25) is 0 Å². The molecule has 104 valence electrons. The highest BCUT2D eigenvalue weighted by Crippen LogP contribution is 2.38. The first-order valence-electron chi connectivity index (χ1n) is 6.62. The van der Waals surface area contributed by atoms with Crippen LogP contribution in [-0.2, 0) is 9.47 Å². The van der Waals surface area contributed by atoms with Crippen LogP contribution >= 0.6 is 15.9 Å². The summed E-state index contributed by atoms with van der Waals surface area (Å²) in [5.74, 6) is 2.34. The van der Waals surface area contributed by atoms with Gasteiger partial charge >= 0.3 is 0 Å². The molecule has 0 spiro atoms. The minimum Gasteiger partial charge on any atom is -0.378 e. The van der Waals surface area contributed by atoms with Crippen LogP contribution in [0.1, 0.15) is 31.0 Å². The van der Waals surface area contributed by atoms with Crippen LogP contribution in [0.4, 0.5) is 5.82 Å². The summed E-state index contributed by atoms with van der Waals surface area (Å²) < 4.78 is 11.9. The number of ether oxygens (including phenoxy) is 2. The maximum atomic E-state index is 5.60. The maximum Gasteiger partial charge on any atom is 0.135 e. The summed E-state index contributed by atoms with van der Waals surface area (Å²) in [6.07, 6.45) is 3.32. The van der Waals surface area contributed by atoms with Gasteiger partial charge in [-0.15, -0.1) is 0 Å². The van der Waals surface area contributed by atoms with Crippen LogP contribution in [0.25, 0.3) is 0 Å². The van der Waals surface area contributed by atoms with Crippen molar-refractivity contribution in [1.82, 2.24) is 9.97 Å². The molecule has 1 aliphatic heterocycles. The lowest BCUT2D eigenvalue weighted by Crippen LogP contribution is -2.39. The Balaban J connectivity index is 1.69. The van der Waals surface area contributed by atoms with Gasteiger partial charge in [0.2, 0.25) is 0 Å². The highest BCUT2D eigenvalue weighted by molar-refractivity contribution is 9.10. The molecule has 2 aliphatic rings. The van der Waals surface area contributed by atoms with Crippen LogP contribution in [-0.4, -0.2) is 42.4 Å². The third kappa shape index (κ3) is 3.07.